The van der Waals surface area contributed by atoms with Crippen LogP contribution in [0.25, 0.3) is 0 Å². The molecule has 2 rings (SSSR count). The maximum absolute atomic E-state index is 13.4. The molecule has 1 atom stereocenters. The molecule has 0 saturated heterocycles. The number of carbonyl (C=O) groups excluding carboxylic acids is 1. The van der Waals surface area contributed by atoms with Crippen LogP contribution in [0.4, 0.5) is 18.9 Å². The highest BCUT2D eigenvalue weighted by atomic mass is 19.1. The van der Waals surface area contributed by atoms with Gasteiger partial charge in [-0.25, -0.2) is 13.2 Å². The summed E-state index contributed by atoms with van der Waals surface area (Å²) in [6.45, 7) is 0. The first-order chi connectivity index (χ1) is 9.97. The van der Waals surface area contributed by atoms with Crippen molar-refractivity contribution in [2.75, 3.05) is 5.32 Å². The van der Waals surface area contributed by atoms with Crippen LogP contribution in [0.2, 0.25) is 0 Å². The van der Waals surface area contributed by atoms with Gasteiger partial charge in [0, 0.05) is 0 Å². The lowest BCUT2D eigenvalue weighted by Crippen LogP contribution is -2.17. The Balaban J connectivity index is 2.05. The smallest absolute Gasteiger partial charge is 0.227 e. The highest BCUT2D eigenvalue weighted by Crippen LogP contribution is 2.21. The van der Waals surface area contributed by atoms with Gasteiger partial charge in [-0.05, 0) is 29.8 Å². The molecule has 2 aromatic rings. The summed E-state index contributed by atoms with van der Waals surface area (Å²) < 4.78 is 39.7. The first-order valence-corrected chi connectivity index (χ1v) is 6.15. The quantitative estimate of drug-likeness (QED) is 0.910. The molecule has 0 aliphatic rings. The van der Waals surface area contributed by atoms with Crippen molar-refractivity contribution in [1.29, 1.82) is 0 Å². The molecular formula is C15H12F3NO2. The summed E-state index contributed by atoms with van der Waals surface area (Å²) in [6, 6.07) is 8.30. The minimum atomic E-state index is -1.27. The van der Waals surface area contributed by atoms with E-state index < -0.39 is 41.6 Å². The number of halogens is 3. The molecule has 0 aromatic heterocycles. The average molecular weight is 295 g/mol. The second-order valence-electron chi connectivity index (χ2n) is 4.42. The molecule has 2 N–H and O–H groups in total. The molecule has 0 saturated carbocycles. The van der Waals surface area contributed by atoms with E-state index in [0.29, 0.717) is 0 Å². The van der Waals surface area contributed by atoms with E-state index in [4.69, 9.17) is 0 Å². The second kappa shape index (κ2) is 6.41. The number of anilines is 1. The minimum absolute atomic E-state index is 0.208. The lowest BCUT2D eigenvalue weighted by Gasteiger charge is -2.12. The molecule has 0 bridgehead atoms. The van der Waals surface area contributed by atoms with Crippen molar-refractivity contribution in [3.05, 3.63) is 65.5 Å². The number of benzene rings is 2. The molecule has 0 radical (unpaired) electrons. The van der Waals surface area contributed by atoms with Crippen molar-refractivity contribution >= 4 is 11.6 Å². The van der Waals surface area contributed by atoms with E-state index in [9.17, 15) is 23.1 Å². The van der Waals surface area contributed by atoms with E-state index in [1.54, 1.807) is 0 Å². The Morgan fingerprint density at radius 2 is 1.71 bits per heavy atom. The topological polar surface area (TPSA) is 49.3 Å². The first kappa shape index (κ1) is 15.1. The van der Waals surface area contributed by atoms with E-state index in [-0.39, 0.29) is 5.56 Å². The van der Waals surface area contributed by atoms with Crippen molar-refractivity contribution in [2.24, 2.45) is 0 Å². The summed E-state index contributed by atoms with van der Waals surface area (Å²) in [5.41, 5.74) is -0.368. The van der Waals surface area contributed by atoms with Crippen LogP contribution in [-0.2, 0) is 4.79 Å². The van der Waals surface area contributed by atoms with Crippen LogP contribution in [0.1, 0.15) is 18.1 Å². The Bertz CT molecular complexity index is 641. The van der Waals surface area contributed by atoms with Crippen molar-refractivity contribution in [3.8, 4) is 0 Å². The second-order valence-corrected chi connectivity index (χ2v) is 4.42. The number of hydrogen-bond acceptors (Lipinski definition) is 2. The van der Waals surface area contributed by atoms with E-state index in [1.165, 1.54) is 24.3 Å². The zero-order chi connectivity index (χ0) is 15.4. The normalized spacial score (nSPS) is 12.0. The van der Waals surface area contributed by atoms with Crippen LogP contribution in [-0.4, -0.2) is 11.0 Å². The van der Waals surface area contributed by atoms with Crippen LogP contribution in [0, 0.1) is 17.5 Å². The molecule has 0 heterocycles. The molecule has 0 aliphatic heterocycles. The van der Waals surface area contributed by atoms with Gasteiger partial charge in [-0.1, -0.05) is 18.2 Å². The van der Waals surface area contributed by atoms with Crippen LogP contribution in [0.15, 0.2) is 42.5 Å². The molecule has 0 aliphatic carbocycles. The van der Waals surface area contributed by atoms with Crippen LogP contribution in [0.5, 0.6) is 0 Å². The first-order valence-electron chi connectivity index (χ1n) is 6.15. The zero-order valence-electron chi connectivity index (χ0n) is 10.8. The molecule has 21 heavy (non-hydrogen) atoms. The number of aliphatic hydroxyl groups is 1. The number of amides is 1. The van der Waals surface area contributed by atoms with Gasteiger partial charge in [0.25, 0.3) is 0 Å². The lowest BCUT2D eigenvalue weighted by atomic mass is 10.1. The van der Waals surface area contributed by atoms with Gasteiger partial charge >= 0.3 is 0 Å². The van der Waals surface area contributed by atoms with Gasteiger partial charge in [0.05, 0.1) is 12.5 Å². The Hall–Kier alpha value is -2.34. The molecule has 6 heteroatoms. The number of hydrogen-bond donors (Lipinski definition) is 2. The summed E-state index contributed by atoms with van der Waals surface area (Å²) in [7, 11) is 0. The zero-order valence-corrected chi connectivity index (χ0v) is 10.8. The lowest BCUT2D eigenvalue weighted by molar-refractivity contribution is -0.118. The fraction of sp³-hybridized carbons (Fsp3) is 0.133. The van der Waals surface area contributed by atoms with Gasteiger partial charge in [-0.2, -0.15) is 0 Å². The Labute approximate surface area is 119 Å². The number of para-hydroxylation sites is 1. The van der Waals surface area contributed by atoms with Gasteiger partial charge in [0.2, 0.25) is 5.91 Å². The summed E-state index contributed by atoms with van der Waals surface area (Å²) in [5.74, 6) is -3.16. The van der Waals surface area contributed by atoms with E-state index in [2.05, 4.69) is 5.32 Å². The summed E-state index contributed by atoms with van der Waals surface area (Å²) in [5, 5.41) is 11.9. The Kier molecular flexibility index (Phi) is 4.59. The third kappa shape index (κ3) is 3.82. The molecule has 1 amide bonds. The summed E-state index contributed by atoms with van der Waals surface area (Å²) in [4.78, 5) is 11.7. The summed E-state index contributed by atoms with van der Waals surface area (Å²) in [6.07, 6.45) is -1.72. The predicted octanol–water partition coefficient (Wildman–Crippen LogP) is 3.17. The average Bonchev–Trinajstić information content (AvgIpc) is 2.43. The minimum Gasteiger partial charge on any atom is -0.388 e. The molecule has 0 spiro atoms. The highest BCUT2D eigenvalue weighted by Gasteiger charge is 2.16. The van der Waals surface area contributed by atoms with E-state index in [0.717, 1.165) is 18.2 Å². The Morgan fingerprint density at radius 1 is 1.10 bits per heavy atom. The molecule has 0 fully saturated rings. The van der Waals surface area contributed by atoms with Gasteiger partial charge in [-0.15, -0.1) is 0 Å². The maximum atomic E-state index is 13.4. The van der Waals surface area contributed by atoms with Gasteiger partial charge in [0.1, 0.15) is 23.1 Å². The van der Waals surface area contributed by atoms with E-state index >= 15 is 0 Å². The number of carbonyl (C=O) groups is 1. The van der Waals surface area contributed by atoms with Crippen molar-refractivity contribution in [1.82, 2.24) is 0 Å². The predicted molar refractivity (Wildman–Crippen MR) is 71.0 cm³/mol. The molecule has 1 unspecified atom stereocenters. The maximum Gasteiger partial charge on any atom is 0.227 e. The standard InChI is InChI=1S/C15H12F3NO2/c16-10-4-1-3-9(7-10)13(20)8-14(21)19-15-11(17)5-2-6-12(15)18/h1-7,13,20H,8H2,(H,19,21). The van der Waals surface area contributed by atoms with Crippen molar-refractivity contribution < 1.29 is 23.1 Å². The molecule has 3 nitrogen and oxygen atoms in total. The molecule has 2 aromatic carbocycles. The van der Waals surface area contributed by atoms with Gasteiger partial charge < -0.3 is 10.4 Å². The molecule has 110 valence electrons. The molecular weight excluding hydrogens is 283 g/mol. The monoisotopic (exact) mass is 295 g/mol. The van der Waals surface area contributed by atoms with E-state index in [1.807, 2.05) is 0 Å². The van der Waals surface area contributed by atoms with Crippen LogP contribution in [0.3, 0.4) is 0 Å². The van der Waals surface area contributed by atoms with Gasteiger partial charge in [0.15, 0.2) is 0 Å². The summed E-state index contributed by atoms with van der Waals surface area (Å²) >= 11 is 0. The third-order valence-electron chi connectivity index (χ3n) is 2.84. The largest absolute Gasteiger partial charge is 0.388 e. The number of nitrogens with one attached hydrogen (secondary N) is 1. The fourth-order valence-electron chi connectivity index (χ4n) is 1.82. The SMILES string of the molecule is O=C(CC(O)c1cccc(F)c1)Nc1c(F)cccc1F. The van der Waals surface area contributed by atoms with Gasteiger partial charge in [-0.3, -0.25) is 4.79 Å². The number of rotatable bonds is 4. The fourth-order valence-corrected chi connectivity index (χ4v) is 1.82. The Morgan fingerprint density at radius 3 is 2.33 bits per heavy atom. The van der Waals surface area contributed by atoms with Crippen molar-refractivity contribution in [3.63, 3.8) is 0 Å². The van der Waals surface area contributed by atoms with Crippen LogP contribution < -0.4 is 5.32 Å². The number of aliphatic hydroxyl groups excluding tert-OH is 1. The highest BCUT2D eigenvalue weighted by molar-refractivity contribution is 5.91. The van der Waals surface area contributed by atoms with Crippen LogP contribution >= 0.6 is 0 Å². The van der Waals surface area contributed by atoms with Crippen molar-refractivity contribution in [2.45, 2.75) is 12.5 Å². The third-order valence-corrected chi connectivity index (χ3v) is 2.84.